The van der Waals surface area contributed by atoms with Crippen molar-refractivity contribution in [2.24, 2.45) is 5.73 Å². The second-order valence-corrected chi connectivity index (χ2v) is 8.36. The summed E-state index contributed by atoms with van der Waals surface area (Å²) in [5.74, 6) is -0.0656. The van der Waals surface area contributed by atoms with Crippen molar-refractivity contribution in [2.45, 2.75) is 17.4 Å². The Morgan fingerprint density at radius 2 is 1.74 bits per heavy atom. The van der Waals surface area contributed by atoms with Gasteiger partial charge in [0.15, 0.2) is 9.84 Å². The third kappa shape index (κ3) is 6.00. The van der Waals surface area contributed by atoms with Crippen LogP contribution in [-0.2, 0) is 19.7 Å². The standard InChI is InChI=1S/C12H17NO4S2/c1-18(14,15)9-7-11(13)8-10-19(16,17)12-5-3-2-4-6-12/h2-6,8,10-11H,7,9,13H2,1H3/b10-8+/t11-/m0/s1. The van der Waals surface area contributed by atoms with E-state index < -0.39 is 25.7 Å². The average Bonchev–Trinajstić information content (AvgIpc) is 2.34. The molecular formula is C12H17NO4S2. The number of rotatable bonds is 6. The molecule has 1 aromatic carbocycles. The predicted octanol–water partition coefficient (Wildman–Crippen LogP) is 0.736. The van der Waals surface area contributed by atoms with Crippen LogP contribution in [0.3, 0.4) is 0 Å². The van der Waals surface area contributed by atoms with Crippen molar-refractivity contribution in [1.29, 1.82) is 0 Å². The Bertz CT molecular complexity index is 634. The van der Waals surface area contributed by atoms with E-state index in [2.05, 4.69) is 0 Å². The quantitative estimate of drug-likeness (QED) is 0.836. The Labute approximate surface area is 114 Å². The van der Waals surface area contributed by atoms with Crippen molar-refractivity contribution in [3.8, 4) is 0 Å². The summed E-state index contributed by atoms with van der Waals surface area (Å²) >= 11 is 0. The van der Waals surface area contributed by atoms with Gasteiger partial charge in [-0.25, -0.2) is 16.8 Å². The van der Waals surface area contributed by atoms with E-state index in [0.717, 1.165) is 11.7 Å². The zero-order chi connectivity index (χ0) is 14.5. The molecule has 106 valence electrons. The Morgan fingerprint density at radius 3 is 2.26 bits per heavy atom. The molecule has 1 aromatic rings. The lowest BCUT2D eigenvalue weighted by Crippen LogP contribution is -2.21. The van der Waals surface area contributed by atoms with Gasteiger partial charge in [-0.05, 0) is 18.6 Å². The number of nitrogens with two attached hydrogens (primary N) is 1. The highest BCUT2D eigenvalue weighted by Gasteiger charge is 2.11. The minimum atomic E-state index is -3.52. The molecule has 0 aliphatic carbocycles. The van der Waals surface area contributed by atoms with E-state index in [9.17, 15) is 16.8 Å². The molecule has 0 bridgehead atoms. The summed E-state index contributed by atoms with van der Waals surface area (Å²) in [6.45, 7) is 0. The van der Waals surface area contributed by atoms with Crippen LogP contribution in [0.2, 0.25) is 0 Å². The van der Waals surface area contributed by atoms with Crippen LogP contribution >= 0.6 is 0 Å². The fourth-order valence-corrected chi connectivity index (χ4v) is 3.14. The molecule has 5 nitrogen and oxygen atoms in total. The monoisotopic (exact) mass is 303 g/mol. The van der Waals surface area contributed by atoms with Crippen LogP contribution < -0.4 is 5.73 Å². The first-order chi connectivity index (χ1) is 8.71. The zero-order valence-corrected chi connectivity index (χ0v) is 12.2. The molecule has 0 saturated heterocycles. The Kier molecular flexibility index (Phi) is 5.28. The molecule has 0 fully saturated rings. The normalized spacial score (nSPS) is 14.6. The third-order valence-corrected chi connectivity index (χ3v) is 4.82. The first kappa shape index (κ1) is 15.9. The lowest BCUT2D eigenvalue weighted by Gasteiger charge is -2.05. The summed E-state index contributed by atoms with van der Waals surface area (Å²) < 4.78 is 45.7. The van der Waals surface area contributed by atoms with E-state index in [0.29, 0.717) is 0 Å². The summed E-state index contributed by atoms with van der Waals surface area (Å²) in [7, 11) is -6.61. The number of sulfone groups is 2. The lowest BCUT2D eigenvalue weighted by molar-refractivity contribution is 0.596. The van der Waals surface area contributed by atoms with E-state index in [1.54, 1.807) is 18.2 Å². The highest BCUT2D eigenvalue weighted by Crippen LogP contribution is 2.11. The van der Waals surface area contributed by atoms with E-state index in [4.69, 9.17) is 5.73 Å². The van der Waals surface area contributed by atoms with Crippen LogP contribution in [-0.4, -0.2) is 34.9 Å². The largest absolute Gasteiger partial charge is 0.324 e. The molecule has 0 heterocycles. The molecule has 0 amide bonds. The molecule has 0 spiro atoms. The Hall–Kier alpha value is -1.18. The Morgan fingerprint density at radius 1 is 1.16 bits per heavy atom. The summed E-state index contributed by atoms with van der Waals surface area (Å²) in [5, 5.41) is 1.02. The number of benzene rings is 1. The summed E-state index contributed by atoms with van der Waals surface area (Å²) in [6, 6.07) is 7.35. The van der Waals surface area contributed by atoms with E-state index in [1.807, 2.05) is 0 Å². The minimum absolute atomic E-state index is 0.0656. The first-order valence-electron chi connectivity index (χ1n) is 5.62. The van der Waals surface area contributed by atoms with Gasteiger partial charge in [-0.15, -0.1) is 0 Å². The van der Waals surface area contributed by atoms with Gasteiger partial charge in [0.1, 0.15) is 9.84 Å². The van der Waals surface area contributed by atoms with E-state index in [-0.39, 0.29) is 17.1 Å². The van der Waals surface area contributed by atoms with Gasteiger partial charge in [0, 0.05) is 17.7 Å². The topological polar surface area (TPSA) is 94.3 Å². The molecule has 1 atom stereocenters. The van der Waals surface area contributed by atoms with Crippen molar-refractivity contribution >= 4 is 19.7 Å². The maximum Gasteiger partial charge on any atom is 0.199 e. The molecule has 19 heavy (non-hydrogen) atoms. The first-order valence-corrected chi connectivity index (χ1v) is 9.23. The van der Waals surface area contributed by atoms with Gasteiger partial charge in [-0.2, -0.15) is 0 Å². The molecule has 1 rings (SSSR count). The molecule has 0 aliphatic heterocycles. The zero-order valence-electron chi connectivity index (χ0n) is 10.6. The smallest absolute Gasteiger partial charge is 0.199 e. The Balaban J connectivity index is 2.71. The van der Waals surface area contributed by atoms with Crippen LogP contribution in [0, 0.1) is 0 Å². The third-order valence-electron chi connectivity index (χ3n) is 2.40. The second kappa shape index (κ2) is 6.31. The second-order valence-electron chi connectivity index (χ2n) is 4.27. The fraction of sp³-hybridized carbons (Fsp3) is 0.333. The van der Waals surface area contributed by atoms with Gasteiger partial charge in [0.05, 0.1) is 10.6 Å². The summed E-state index contributed by atoms with van der Waals surface area (Å²) in [4.78, 5) is 0.182. The molecule has 0 saturated carbocycles. The van der Waals surface area contributed by atoms with Gasteiger partial charge < -0.3 is 5.73 Å². The SMILES string of the molecule is CS(=O)(=O)CC[C@H](N)/C=C/S(=O)(=O)c1ccccc1. The van der Waals surface area contributed by atoms with Crippen LogP contribution in [0.4, 0.5) is 0 Å². The van der Waals surface area contributed by atoms with E-state index >= 15 is 0 Å². The van der Waals surface area contributed by atoms with Crippen LogP contribution in [0.1, 0.15) is 6.42 Å². The van der Waals surface area contributed by atoms with Gasteiger partial charge in [-0.3, -0.25) is 0 Å². The molecule has 0 radical (unpaired) electrons. The predicted molar refractivity (Wildman–Crippen MR) is 75.1 cm³/mol. The maximum atomic E-state index is 11.9. The highest BCUT2D eigenvalue weighted by molar-refractivity contribution is 7.94. The van der Waals surface area contributed by atoms with Crippen molar-refractivity contribution in [2.75, 3.05) is 12.0 Å². The molecule has 2 N–H and O–H groups in total. The van der Waals surface area contributed by atoms with E-state index in [1.165, 1.54) is 18.2 Å². The van der Waals surface area contributed by atoms with Gasteiger partial charge in [0.25, 0.3) is 0 Å². The van der Waals surface area contributed by atoms with Crippen molar-refractivity contribution in [3.05, 3.63) is 41.8 Å². The molecule has 7 heteroatoms. The van der Waals surface area contributed by atoms with Gasteiger partial charge in [0.2, 0.25) is 0 Å². The van der Waals surface area contributed by atoms with Crippen LogP contribution in [0.15, 0.2) is 46.7 Å². The highest BCUT2D eigenvalue weighted by atomic mass is 32.2. The van der Waals surface area contributed by atoms with Crippen molar-refractivity contribution < 1.29 is 16.8 Å². The van der Waals surface area contributed by atoms with Gasteiger partial charge >= 0.3 is 0 Å². The fourth-order valence-electron chi connectivity index (χ4n) is 1.34. The average molecular weight is 303 g/mol. The molecule has 0 aromatic heterocycles. The van der Waals surface area contributed by atoms with Gasteiger partial charge in [-0.1, -0.05) is 24.3 Å². The lowest BCUT2D eigenvalue weighted by atomic mass is 10.2. The minimum Gasteiger partial charge on any atom is -0.324 e. The van der Waals surface area contributed by atoms with Crippen LogP contribution in [0.25, 0.3) is 0 Å². The van der Waals surface area contributed by atoms with Crippen molar-refractivity contribution in [3.63, 3.8) is 0 Å². The van der Waals surface area contributed by atoms with Crippen molar-refractivity contribution in [1.82, 2.24) is 0 Å². The maximum absolute atomic E-state index is 11.9. The number of hydrogen-bond donors (Lipinski definition) is 1. The molecule has 0 aliphatic rings. The summed E-state index contributed by atoms with van der Waals surface area (Å²) in [5.41, 5.74) is 5.65. The molecule has 0 unspecified atom stereocenters. The summed E-state index contributed by atoms with van der Waals surface area (Å²) in [6.07, 6.45) is 2.62. The van der Waals surface area contributed by atoms with Crippen LogP contribution in [0.5, 0.6) is 0 Å². The number of hydrogen-bond acceptors (Lipinski definition) is 5. The molecular weight excluding hydrogens is 286 g/mol.